The summed E-state index contributed by atoms with van der Waals surface area (Å²) in [6, 6.07) is 16.2. The number of rotatable bonds is 7. The third-order valence-electron chi connectivity index (χ3n) is 5.73. The second-order valence-electron chi connectivity index (χ2n) is 7.55. The molecule has 0 radical (unpaired) electrons. The first-order valence-corrected chi connectivity index (χ1v) is 12.5. The fraction of sp³-hybridized carbons (Fsp3) is 0.261. The monoisotopic (exact) mass is 472 g/mol. The first kappa shape index (κ1) is 22.5. The van der Waals surface area contributed by atoms with E-state index in [4.69, 9.17) is 4.74 Å². The number of fused-ring (bicyclic) bond motifs is 1. The maximum atomic E-state index is 13.8. The van der Waals surface area contributed by atoms with E-state index in [0.29, 0.717) is 18.6 Å². The summed E-state index contributed by atoms with van der Waals surface area (Å²) in [5, 5.41) is 11.3. The van der Waals surface area contributed by atoms with Crippen LogP contribution in [-0.2, 0) is 27.7 Å². The fourth-order valence-corrected chi connectivity index (χ4v) is 6.91. The minimum Gasteiger partial charge on any atom is -0.497 e. The number of benzene rings is 2. The van der Waals surface area contributed by atoms with E-state index in [-0.39, 0.29) is 11.3 Å². The molecule has 1 amide bonds. The molecule has 0 fully saturated rings. The Labute approximate surface area is 191 Å². The minimum absolute atomic E-state index is 0.0671. The fourth-order valence-electron chi connectivity index (χ4n) is 4.15. The van der Waals surface area contributed by atoms with Crippen LogP contribution in [0.2, 0.25) is 0 Å². The zero-order chi connectivity index (χ0) is 22.7. The number of ether oxygens (including phenoxy) is 1. The van der Waals surface area contributed by atoms with Gasteiger partial charge >= 0.3 is 0 Å². The number of nitrogens with one attached hydrogen (secondary N) is 1. The number of thiophene rings is 1. The number of hydroxylamine groups is 1. The lowest BCUT2D eigenvalue weighted by Gasteiger charge is -2.40. The summed E-state index contributed by atoms with van der Waals surface area (Å²) in [5.74, 6) is -0.209. The van der Waals surface area contributed by atoms with Crippen LogP contribution in [0.3, 0.4) is 0 Å². The molecular formula is C23H24N2O5S2. The Hall–Kier alpha value is -2.72. The average Bonchev–Trinajstić information content (AvgIpc) is 3.30. The largest absolute Gasteiger partial charge is 0.497 e. The van der Waals surface area contributed by atoms with Gasteiger partial charge in [0, 0.05) is 11.3 Å². The van der Waals surface area contributed by atoms with E-state index in [1.165, 1.54) is 34.9 Å². The highest BCUT2D eigenvalue weighted by atomic mass is 32.2. The molecule has 32 heavy (non-hydrogen) atoms. The molecule has 0 saturated heterocycles. The summed E-state index contributed by atoms with van der Waals surface area (Å²) in [5.41, 5.74) is 3.65. The highest BCUT2D eigenvalue weighted by Crippen LogP contribution is 2.42. The number of amides is 1. The summed E-state index contributed by atoms with van der Waals surface area (Å²) in [7, 11) is -2.55. The van der Waals surface area contributed by atoms with Crippen LogP contribution in [0.15, 0.2) is 70.9 Å². The molecule has 0 spiro atoms. The molecule has 2 heterocycles. The zero-order valence-electron chi connectivity index (χ0n) is 17.5. The maximum Gasteiger partial charge on any atom is 0.262 e. The first-order valence-electron chi connectivity index (χ1n) is 10.2. The summed E-state index contributed by atoms with van der Waals surface area (Å²) < 4.78 is 34.0. The number of carbonyl (C=O) groups is 1. The molecule has 4 rings (SSSR count). The Kier molecular flexibility index (Phi) is 6.61. The van der Waals surface area contributed by atoms with Crippen molar-refractivity contribution in [3.63, 3.8) is 0 Å². The minimum atomic E-state index is -4.05. The Balaban J connectivity index is 1.78. The first-order chi connectivity index (χ1) is 15.5. The van der Waals surface area contributed by atoms with E-state index in [0.717, 1.165) is 16.0 Å². The topological polar surface area (TPSA) is 95.9 Å². The van der Waals surface area contributed by atoms with Crippen molar-refractivity contribution >= 4 is 27.3 Å². The Morgan fingerprint density at radius 1 is 1.16 bits per heavy atom. The van der Waals surface area contributed by atoms with Gasteiger partial charge in [0.1, 0.15) is 11.8 Å². The van der Waals surface area contributed by atoms with Crippen LogP contribution in [-0.4, -0.2) is 37.0 Å². The summed E-state index contributed by atoms with van der Waals surface area (Å²) in [6.45, 7) is 0. The average molecular weight is 473 g/mol. The van der Waals surface area contributed by atoms with Crippen molar-refractivity contribution in [2.24, 2.45) is 0 Å². The Morgan fingerprint density at radius 3 is 2.53 bits per heavy atom. The van der Waals surface area contributed by atoms with Crippen LogP contribution in [0.25, 0.3) is 0 Å². The standard InChI is InChI=1S/C23H24N2O5S2/c1-30-17-8-10-18(11-9-17)32(28,29)25-20(12-7-16-5-3-2-4-6-16)19-13-14-31-22(19)15-21(25)23(26)24-27/h2-6,8-11,13-14,20-21,27H,7,12,15H2,1H3,(H,24,26). The predicted molar refractivity (Wildman–Crippen MR) is 121 cm³/mol. The molecule has 1 aromatic heterocycles. The van der Waals surface area contributed by atoms with Crippen LogP contribution in [0.5, 0.6) is 5.75 Å². The smallest absolute Gasteiger partial charge is 0.262 e. The zero-order valence-corrected chi connectivity index (χ0v) is 19.1. The van der Waals surface area contributed by atoms with Gasteiger partial charge in [-0.1, -0.05) is 30.3 Å². The lowest BCUT2D eigenvalue weighted by molar-refractivity contribution is -0.134. The number of hydrogen-bond acceptors (Lipinski definition) is 6. The van der Waals surface area contributed by atoms with E-state index in [2.05, 4.69) is 0 Å². The molecule has 1 aliphatic rings. The number of carbonyl (C=O) groups excluding carboxylic acids is 1. The molecule has 0 saturated carbocycles. The van der Waals surface area contributed by atoms with Gasteiger partial charge in [-0.15, -0.1) is 11.3 Å². The van der Waals surface area contributed by atoms with Crippen molar-refractivity contribution in [1.82, 2.24) is 9.79 Å². The van der Waals surface area contributed by atoms with Crippen LogP contribution >= 0.6 is 11.3 Å². The van der Waals surface area contributed by atoms with Crippen LogP contribution in [0.4, 0.5) is 0 Å². The van der Waals surface area contributed by atoms with E-state index < -0.39 is 28.0 Å². The van der Waals surface area contributed by atoms with E-state index in [1.807, 2.05) is 41.8 Å². The van der Waals surface area contributed by atoms with Crippen molar-refractivity contribution in [3.8, 4) is 5.75 Å². The normalized spacial score (nSPS) is 18.7. The van der Waals surface area contributed by atoms with Crippen LogP contribution < -0.4 is 10.2 Å². The van der Waals surface area contributed by atoms with Gasteiger partial charge in [0.15, 0.2) is 0 Å². The lowest BCUT2D eigenvalue weighted by Crippen LogP contribution is -2.53. The molecule has 168 valence electrons. The number of aryl methyl sites for hydroxylation is 1. The van der Waals surface area contributed by atoms with Gasteiger partial charge in [0.2, 0.25) is 10.0 Å². The van der Waals surface area contributed by atoms with Gasteiger partial charge in [-0.3, -0.25) is 10.0 Å². The van der Waals surface area contributed by atoms with Crippen molar-refractivity contribution < 1.29 is 23.2 Å². The summed E-state index contributed by atoms with van der Waals surface area (Å²) in [4.78, 5) is 13.6. The number of methoxy groups -OCH3 is 1. The highest BCUT2D eigenvalue weighted by molar-refractivity contribution is 7.89. The maximum absolute atomic E-state index is 13.8. The molecule has 1 aliphatic heterocycles. The lowest BCUT2D eigenvalue weighted by atomic mass is 9.92. The molecule has 2 N–H and O–H groups in total. The van der Waals surface area contributed by atoms with Crippen LogP contribution in [0, 0.1) is 0 Å². The molecule has 9 heteroatoms. The van der Waals surface area contributed by atoms with Gasteiger partial charge in [-0.05, 0) is 59.7 Å². The van der Waals surface area contributed by atoms with Gasteiger partial charge in [-0.25, -0.2) is 13.9 Å². The Bertz CT molecular complexity index is 1180. The van der Waals surface area contributed by atoms with E-state index in [1.54, 1.807) is 17.6 Å². The SMILES string of the molecule is COc1ccc(S(=O)(=O)N2C(C(=O)NO)Cc3sccc3C2CCc2ccccc2)cc1. The van der Waals surface area contributed by atoms with E-state index >= 15 is 0 Å². The third-order valence-corrected chi connectivity index (χ3v) is 8.62. The molecule has 7 nitrogen and oxygen atoms in total. The van der Waals surface area contributed by atoms with Gasteiger partial charge in [0.25, 0.3) is 5.91 Å². The third kappa shape index (κ3) is 4.29. The van der Waals surface area contributed by atoms with Gasteiger partial charge < -0.3 is 4.74 Å². The van der Waals surface area contributed by atoms with Crippen molar-refractivity contribution in [3.05, 3.63) is 82.0 Å². The summed E-state index contributed by atoms with van der Waals surface area (Å²) >= 11 is 1.50. The summed E-state index contributed by atoms with van der Waals surface area (Å²) in [6.07, 6.45) is 1.35. The van der Waals surface area contributed by atoms with Crippen molar-refractivity contribution in [1.29, 1.82) is 0 Å². The molecule has 2 atom stereocenters. The predicted octanol–water partition coefficient (Wildman–Crippen LogP) is 3.55. The molecule has 2 unspecified atom stereocenters. The van der Waals surface area contributed by atoms with Gasteiger partial charge in [-0.2, -0.15) is 4.31 Å². The van der Waals surface area contributed by atoms with Crippen molar-refractivity contribution in [2.45, 2.75) is 36.2 Å². The second kappa shape index (κ2) is 9.41. The highest BCUT2D eigenvalue weighted by Gasteiger charge is 2.45. The number of nitrogens with zero attached hydrogens (tertiary/aromatic N) is 1. The number of hydrogen-bond donors (Lipinski definition) is 2. The Morgan fingerprint density at radius 2 is 1.88 bits per heavy atom. The molecule has 3 aromatic rings. The van der Waals surface area contributed by atoms with Crippen molar-refractivity contribution in [2.75, 3.05) is 7.11 Å². The molecule has 0 bridgehead atoms. The molecule has 0 aliphatic carbocycles. The van der Waals surface area contributed by atoms with Gasteiger partial charge in [0.05, 0.1) is 18.0 Å². The second-order valence-corrected chi connectivity index (χ2v) is 10.4. The molecular weight excluding hydrogens is 448 g/mol. The molecule has 2 aromatic carbocycles. The quantitative estimate of drug-likeness (QED) is 0.405. The van der Waals surface area contributed by atoms with E-state index in [9.17, 15) is 18.4 Å². The number of sulfonamides is 1. The van der Waals surface area contributed by atoms with Crippen LogP contribution in [0.1, 0.15) is 28.5 Å².